The number of nitrogens with zero attached hydrogens (tertiary/aromatic N) is 2. The zero-order valence-corrected chi connectivity index (χ0v) is 18.1. The molecule has 2 heterocycles. The highest BCUT2D eigenvalue weighted by molar-refractivity contribution is 8.16. The molecule has 0 spiro atoms. The van der Waals surface area contributed by atoms with Crippen molar-refractivity contribution in [2.24, 2.45) is 4.99 Å². The van der Waals surface area contributed by atoms with Crippen molar-refractivity contribution in [3.8, 4) is 0 Å². The fourth-order valence-corrected chi connectivity index (χ4v) is 4.28. The van der Waals surface area contributed by atoms with E-state index in [1.807, 2.05) is 23.3 Å². The van der Waals surface area contributed by atoms with E-state index in [9.17, 15) is 4.79 Å². The van der Waals surface area contributed by atoms with Crippen LogP contribution < -0.4 is 0 Å². The van der Waals surface area contributed by atoms with Crippen LogP contribution in [0.25, 0.3) is 6.08 Å². The number of benzene rings is 2. The summed E-state index contributed by atoms with van der Waals surface area (Å²) in [5, 5.41) is 2.62. The molecule has 1 unspecified atom stereocenters. The third-order valence-corrected chi connectivity index (χ3v) is 5.84. The first-order valence-electron chi connectivity index (χ1n) is 10.00. The van der Waals surface area contributed by atoms with Crippen LogP contribution in [0.15, 0.2) is 82.5 Å². The van der Waals surface area contributed by atoms with Gasteiger partial charge in [0.2, 0.25) is 0 Å². The number of ether oxygens (including phenoxy) is 1. The van der Waals surface area contributed by atoms with Crippen LogP contribution in [-0.4, -0.2) is 22.6 Å². The van der Waals surface area contributed by atoms with Crippen molar-refractivity contribution in [2.45, 2.75) is 26.8 Å². The predicted molar refractivity (Wildman–Crippen MR) is 124 cm³/mol. The number of esters is 1. The molecule has 1 atom stereocenters. The van der Waals surface area contributed by atoms with Crippen molar-refractivity contribution in [1.82, 2.24) is 4.90 Å². The number of hydrogen-bond acceptors (Lipinski definition) is 5. The van der Waals surface area contributed by atoms with Gasteiger partial charge in [0.25, 0.3) is 0 Å². The monoisotopic (exact) mass is 416 g/mol. The Morgan fingerprint density at radius 2 is 1.73 bits per heavy atom. The number of rotatable bonds is 5. The number of allylic oxidation sites excluding steroid dienone is 1. The first kappa shape index (κ1) is 20.2. The third kappa shape index (κ3) is 4.26. The standard InChI is InChI=1S/C25H24N2O2S/c1-4-29-24(28)23-16-30-25-26-21(14-11-19-9-5-17(2)6-10-19)15-22(27(23)25)20-12-7-18(3)8-13-20/h5-16,22H,4H2,1-3H3/b14-11+. The minimum atomic E-state index is -0.320. The Hall–Kier alpha value is -3.05. The number of carbonyl (C=O) groups is 1. The molecule has 4 rings (SSSR count). The van der Waals surface area contributed by atoms with Gasteiger partial charge in [-0.2, -0.15) is 0 Å². The zero-order chi connectivity index (χ0) is 21.1. The fraction of sp³-hybridized carbons (Fsp3) is 0.200. The van der Waals surface area contributed by atoms with Gasteiger partial charge >= 0.3 is 5.97 Å². The highest BCUT2D eigenvalue weighted by atomic mass is 32.2. The molecule has 0 N–H and O–H groups in total. The molecule has 0 fully saturated rings. The van der Waals surface area contributed by atoms with Gasteiger partial charge in [0.1, 0.15) is 5.70 Å². The van der Waals surface area contributed by atoms with E-state index < -0.39 is 0 Å². The lowest BCUT2D eigenvalue weighted by atomic mass is 10.0. The lowest BCUT2D eigenvalue weighted by Gasteiger charge is -2.32. The van der Waals surface area contributed by atoms with Gasteiger partial charge in [-0.05, 0) is 44.1 Å². The quantitative estimate of drug-likeness (QED) is 0.581. The van der Waals surface area contributed by atoms with Crippen molar-refractivity contribution < 1.29 is 9.53 Å². The molecule has 2 aromatic rings. The number of thioether (sulfide) groups is 1. The van der Waals surface area contributed by atoms with E-state index in [2.05, 4.69) is 74.5 Å². The fourth-order valence-electron chi connectivity index (χ4n) is 3.37. The molecule has 0 saturated heterocycles. The van der Waals surface area contributed by atoms with Gasteiger partial charge in [0, 0.05) is 5.41 Å². The third-order valence-electron chi connectivity index (χ3n) is 5.00. The summed E-state index contributed by atoms with van der Waals surface area (Å²) in [5.41, 5.74) is 6.07. The average Bonchev–Trinajstić information content (AvgIpc) is 3.18. The maximum absolute atomic E-state index is 12.5. The maximum Gasteiger partial charge on any atom is 0.355 e. The summed E-state index contributed by atoms with van der Waals surface area (Å²) in [6.07, 6.45) is 6.19. The first-order chi connectivity index (χ1) is 14.5. The SMILES string of the molecule is CCOC(=O)C1=CSC2=NC(/C=C/c3ccc(C)cc3)=CC(c3ccc(C)cc3)N12. The molecular formula is C25H24N2O2S. The van der Waals surface area contributed by atoms with Gasteiger partial charge in [-0.3, -0.25) is 0 Å². The largest absolute Gasteiger partial charge is 0.461 e. The molecule has 0 aromatic heterocycles. The van der Waals surface area contributed by atoms with Gasteiger partial charge in [0.15, 0.2) is 5.17 Å². The van der Waals surface area contributed by atoms with Crippen molar-refractivity contribution in [3.63, 3.8) is 0 Å². The van der Waals surface area contributed by atoms with Crippen LogP contribution in [0.4, 0.5) is 0 Å². The molecule has 0 saturated carbocycles. The molecule has 2 aromatic carbocycles. The smallest absolute Gasteiger partial charge is 0.355 e. The molecule has 2 aliphatic heterocycles. The molecule has 0 radical (unpaired) electrons. The van der Waals surface area contributed by atoms with Gasteiger partial charge in [-0.25, -0.2) is 9.79 Å². The zero-order valence-electron chi connectivity index (χ0n) is 17.3. The molecule has 30 heavy (non-hydrogen) atoms. The van der Waals surface area contributed by atoms with E-state index in [0.717, 1.165) is 22.0 Å². The Balaban J connectivity index is 1.68. The van der Waals surface area contributed by atoms with Gasteiger partial charge < -0.3 is 9.64 Å². The summed E-state index contributed by atoms with van der Waals surface area (Å²) in [4.78, 5) is 19.3. The van der Waals surface area contributed by atoms with Crippen LogP contribution in [0.1, 0.15) is 35.2 Å². The van der Waals surface area contributed by atoms with E-state index in [-0.39, 0.29) is 12.0 Å². The number of hydrogen-bond donors (Lipinski definition) is 0. The van der Waals surface area contributed by atoms with Crippen LogP contribution in [0.2, 0.25) is 0 Å². The second kappa shape index (κ2) is 8.76. The highest BCUT2D eigenvalue weighted by Gasteiger charge is 2.36. The summed E-state index contributed by atoms with van der Waals surface area (Å²) < 4.78 is 5.27. The second-order valence-electron chi connectivity index (χ2n) is 7.30. The normalized spacial score (nSPS) is 18.0. The van der Waals surface area contributed by atoms with Crippen molar-refractivity contribution in [3.05, 3.63) is 99.7 Å². The number of aryl methyl sites for hydroxylation is 2. The average molecular weight is 417 g/mol. The molecule has 5 heteroatoms. The number of amidine groups is 1. The molecule has 4 nitrogen and oxygen atoms in total. The molecular weight excluding hydrogens is 392 g/mol. The van der Waals surface area contributed by atoms with Crippen molar-refractivity contribution >= 4 is 29.0 Å². The van der Waals surface area contributed by atoms with Crippen molar-refractivity contribution in [1.29, 1.82) is 0 Å². The maximum atomic E-state index is 12.5. The Kier molecular flexibility index (Phi) is 5.91. The molecule has 152 valence electrons. The first-order valence-corrected chi connectivity index (χ1v) is 10.9. The summed E-state index contributed by atoms with van der Waals surface area (Å²) >= 11 is 1.46. The lowest BCUT2D eigenvalue weighted by molar-refractivity contribution is -0.139. The van der Waals surface area contributed by atoms with Crippen LogP contribution >= 0.6 is 11.8 Å². The summed E-state index contributed by atoms with van der Waals surface area (Å²) in [6, 6.07) is 16.6. The molecule has 0 aliphatic carbocycles. The Labute approximate surface area is 181 Å². The van der Waals surface area contributed by atoms with Crippen LogP contribution in [0.3, 0.4) is 0 Å². The van der Waals surface area contributed by atoms with E-state index in [1.165, 1.54) is 22.9 Å². The van der Waals surface area contributed by atoms with E-state index in [1.54, 1.807) is 0 Å². The predicted octanol–water partition coefficient (Wildman–Crippen LogP) is 5.76. The van der Waals surface area contributed by atoms with E-state index >= 15 is 0 Å². The van der Waals surface area contributed by atoms with E-state index in [0.29, 0.717) is 12.3 Å². The second-order valence-corrected chi connectivity index (χ2v) is 8.13. The Morgan fingerprint density at radius 1 is 1.07 bits per heavy atom. The van der Waals surface area contributed by atoms with Crippen LogP contribution in [0, 0.1) is 13.8 Å². The minimum absolute atomic E-state index is 0.124. The lowest BCUT2D eigenvalue weighted by Crippen LogP contribution is -2.34. The minimum Gasteiger partial charge on any atom is -0.461 e. The number of aliphatic imine (C=N–C) groups is 1. The number of fused-ring (bicyclic) bond motifs is 1. The van der Waals surface area contributed by atoms with Gasteiger partial charge in [-0.15, -0.1) is 0 Å². The molecule has 0 amide bonds. The summed E-state index contributed by atoms with van der Waals surface area (Å²) in [5.74, 6) is -0.320. The Bertz CT molecular complexity index is 1060. The van der Waals surface area contributed by atoms with Gasteiger partial charge in [-0.1, -0.05) is 77.5 Å². The highest BCUT2D eigenvalue weighted by Crippen LogP contribution is 2.40. The van der Waals surface area contributed by atoms with E-state index in [4.69, 9.17) is 9.73 Å². The van der Waals surface area contributed by atoms with Gasteiger partial charge in [0.05, 0.1) is 18.3 Å². The number of carbonyl (C=O) groups excluding carboxylic acids is 1. The topological polar surface area (TPSA) is 41.9 Å². The molecule has 0 bridgehead atoms. The molecule has 2 aliphatic rings. The van der Waals surface area contributed by atoms with Crippen LogP contribution in [-0.2, 0) is 9.53 Å². The summed E-state index contributed by atoms with van der Waals surface area (Å²) in [6.45, 7) is 6.31. The van der Waals surface area contributed by atoms with Crippen molar-refractivity contribution in [2.75, 3.05) is 6.61 Å². The van der Waals surface area contributed by atoms with Crippen LogP contribution in [0.5, 0.6) is 0 Å². The Morgan fingerprint density at radius 3 is 2.40 bits per heavy atom. The summed E-state index contributed by atoms with van der Waals surface area (Å²) in [7, 11) is 0.